The number of rotatable bonds is 5. The molecule has 1 amide bonds. The van der Waals surface area contributed by atoms with Crippen LogP contribution in [0.2, 0.25) is 0 Å². The third-order valence-electron chi connectivity index (χ3n) is 5.16. The highest BCUT2D eigenvalue weighted by Crippen LogP contribution is 2.28. The summed E-state index contributed by atoms with van der Waals surface area (Å²) in [5, 5.41) is 5.16. The third kappa shape index (κ3) is 4.65. The lowest BCUT2D eigenvalue weighted by Gasteiger charge is -2.30. The maximum absolute atomic E-state index is 13.4. The van der Waals surface area contributed by atoms with E-state index in [9.17, 15) is 22.0 Å². The Morgan fingerprint density at radius 3 is 2.45 bits per heavy atom. The highest BCUT2D eigenvalue weighted by Gasteiger charge is 2.32. The van der Waals surface area contributed by atoms with Crippen molar-refractivity contribution < 1.29 is 22.0 Å². The minimum absolute atomic E-state index is 0.118. The third-order valence-corrected chi connectivity index (χ3v) is 7.81. The van der Waals surface area contributed by atoms with Gasteiger partial charge in [-0.1, -0.05) is 30.3 Å². The van der Waals surface area contributed by atoms with Gasteiger partial charge in [0.2, 0.25) is 15.9 Å². The largest absolute Gasteiger partial charge is 0.302 e. The van der Waals surface area contributed by atoms with E-state index >= 15 is 0 Å². The molecule has 0 unspecified atom stereocenters. The van der Waals surface area contributed by atoms with Crippen LogP contribution >= 0.6 is 11.3 Å². The van der Waals surface area contributed by atoms with Crippen LogP contribution in [0.3, 0.4) is 0 Å². The van der Waals surface area contributed by atoms with Crippen LogP contribution in [0.5, 0.6) is 0 Å². The van der Waals surface area contributed by atoms with Gasteiger partial charge in [-0.3, -0.25) is 4.79 Å². The first-order valence-corrected chi connectivity index (χ1v) is 11.9. The van der Waals surface area contributed by atoms with E-state index in [4.69, 9.17) is 0 Å². The Morgan fingerprint density at radius 2 is 1.77 bits per heavy atom. The lowest BCUT2D eigenvalue weighted by Crippen LogP contribution is -2.41. The molecule has 0 bridgehead atoms. The van der Waals surface area contributed by atoms with Crippen LogP contribution < -0.4 is 5.32 Å². The molecular weight excluding hydrogens is 444 g/mol. The van der Waals surface area contributed by atoms with Crippen LogP contribution in [0.25, 0.3) is 11.3 Å². The first-order valence-electron chi connectivity index (χ1n) is 9.61. The molecule has 0 saturated carbocycles. The van der Waals surface area contributed by atoms with Gasteiger partial charge in [-0.25, -0.2) is 22.2 Å². The van der Waals surface area contributed by atoms with Crippen molar-refractivity contribution >= 4 is 32.4 Å². The molecule has 0 spiro atoms. The van der Waals surface area contributed by atoms with E-state index < -0.39 is 21.7 Å². The number of sulfonamides is 1. The number of benzene rings is 2. The summed E-state index contributed by atoms with van der Waals surface area (Å²) in [7, 11) is -3.95. The van der Waals surface area contributed by atoms with Crippen LogP contribution in [0.15, 0.2) is 58.8 Å². The number of thiazole rings is 1. The molecule has 1 aliphatic rings. The predicted octanol–water partition coefficient (Wildman–Crippen LogP) is 4.13. The molecular formula is C21H19F2N3O3S2. The fraction of sp³-hybridized carbons (Fsp3) is 0.238. The zero-order valence-corrected chi connectivity index (χ0v) is 17.9. The van der Waals surface area contributed by atoms with Gasteiger partial charge in [-0.15, -0.1) is 11.3 Å². The van der Waals surface area contributed by atoms with Crippen molar-refractivity contribution in [1.82, 2.24) is 9.29 Å². The second-order valence-electron chi connectivity index (χ2n) is 7.15. The number of carbonyl (C=O) groups excluding carboxylic acids is 1. The normalized spacial score (nSPS) is 15.7. The summed E-state index contributed by atoms with van der Waals surface area (Å²) in [5.41, 5.74) is 1.73. The number of hydrogen-bond donors (Lipinski definition) is 1. The predicted molar refractivity (Wildman–Crippen MR) is 114 cm³/mol. The van der Waals surface area contributed by atoms with Gasteiger partial charge in [-0.2, -0.15) is 4.31 Å². The van der Waals surface area contributed by atoms with Gasteiger partial charge in [-0.05, 0) is 31.0 Å². The smallest absolute Gasteiger partial charge is 0.243 e. The minimum atomic E-state index is -3.95. The van der Waals surface area contributed by atoms with Crippen molar-refractivity contribution in [1.29, 1.82) is 0 Å². The van der Waals surface area contributed by atoms with Gasteiger partial charge in [0.15, 0.2) is 16.8 Å². The Balaban J connectivity index is 1.37. The molecule has 1 N–H and O–H groups in total. The SMILES string of the molecule is O=C(Nc1nc(-c2ccccc2)cs1)C1CCN(S(=O)(=O)c2ccc(F)c(F)c2)CC1. The summed E-state index contributed by atoms with van der Waals surface area (Å²) in [6, 6.07) is 12.1. The molecule has 2 heterocycles. The standard InChI is InChI=1S/C21H19F2N3O3S2/c22-17-7-6-16(12-18(17)23)31(28,29)26-10-8-15(9-11-26)20(27)25-21-24-19(13-30-21)14-4-2-1-3-5-14/h1-7,12-13,15H,8-11H2,(H,24,25,27). The van der Waals surface area contributed by atoms with Crippen molar-refractivity contribution in [2.45, 2.75) is 17.7 Å². The summed E-state index contributed by atoms with van der Waals surface area (Å²) in [4.78, 5) is 16.8. The van der Waals surface area contributed by atoms with Gasteiger partial charge in [0.1, 0.15) is 0 Å². The van der Waals surface area contributed by atoms with Crippen molar-refractivity contribution in [3.8, 4) is 11.3 Å². The Morgan fingerprint density at radius 1 is 1.06 bits per heavy atom. The van der Waals surface area contributed by atoms with Gasteiger partial charge in [0.05, 0.1) is 10.6 Å². The van der Waals surface area contributed by atoms with E-state index in [1.54, 1.807) is 0 Å². The lowest BCUT2D eigenvalue weighted by molar-refractivity contribution is -0.120. The van der Waals surface area contributed by atoms with Crippen molar-refractivity contribution in [3.05, 3.63) is 65.5 Å². The first kappa shape index (κ1) is 21.5. The fourth-order valence-corrected chi connectivity index (χ4v) is 5.63. The van der Waals surface area contributed by atoms with E-state index in [0.717, 1.165) is 23.4 Å². The molecule has 1 fully saturated rings. The molecule has 0 atom stereocenters. The van der Waals surface area contributed by atoms with Crippen molar-refractivity contribution in [3.63, 3.8) is 0 Å². The Kier molecular flexibility index (Phi) is 6.12. The molecule has 6 nitrogen and oxygen atoms in total. The molecule has 0 radical (unpaired) electrons. The fourth-order valence-electron chi connectivity index (χ4n) is 3.42. The average Bonchev–Trinajstić information content (AvgIpc) is 3.24. The topological polar surface area (TPSA) is 79.4 Å². The Bertz CT molecular complexity index is 1190. The van der Waals surface area contributed by atoms with E-state index in [1.165, 1.54) is 15.6 Å². The molecule has 1 aliphatic heterocycles. The number of halogens is 2. The van der Waals surface area contributed by atoms with Gasteiger partial charge < -0.3 is 5.32 Å². The van der Waals surface area contributed by atoms with E-state index in [-0.39, 0.29) is 29.8 Å². The molecule has 162 valence electrons. The highest BCUT2D eigenvalue weighted by molar-refractivity contribution is 7.89. The summed E-state index contributed by atoms with van der Waals surface area (Å²) in [5.74, 6) is -2.89. The molecule has 1 aromatic heterocycles. The molecule has 2 aromatic carbocycles. The highest BCUT2D eigenvalue weighted by atomic mass is 32.2. The maximum atomic E-state index is 13.4. The average molecular weight is 464 g/mol. The van der Waals surface area contributed by atoms with Crippen molar-refractivity contribution in [2.75, 3.05) is 18.4 Å². The number of piperidine rings is 1. The molecule has 31 heavy (non-hydrogen) atoms. The van der Waals surface area contributed by atoms with Gasteiger partial charge >= 0.3 is 0 Å². The number of carbonyl (C=O) groups is 1. The number of nitrogens with zero attached hydrogens (tertiary/aromatic N) is 2. The van der Waals surface area contributed by atoms with Crippen LogP contribution in [0.1, 0.15) is 12.8 Å². The Labute approximate surface area is 182 Å². The number of amides is 1. The second kappa shape index (κ2) is 8.81. The van der Waals surface area contributed by atoms with Crippen molar-refractivity contribution in [2.24, 2.45) is 5.92 Å². The summed E-state index contributed by atoms with van der Waals surface area (Å²) in [6.45, 7) is 0.235. The lowest BCUT2D eigenvalue weighted by atomic mass is 9.97. The van der Waals surface area contributed by atoms with E-state index in [0.29, 0.717) is 24.0 Å². The van der Waals surface area contributed by atoms with Crippen LogP contribution in [-0.4, -0.2) is 36.7 Å². The summed E-state index contributed by atoms with van der Waals surface area (Å²) in [6.07, 6.45) is 0.650. The Hall–Kier alpha value is -2.69. The van der Waals surface area contributed by atoms with Gasteiger partial charge in [0.25, 0.3) is 0 Å². The molecule has 3 aromatic rings. The monoisotopic (exact) mass is 463 g/mol. The number of hydrogen-bond acceptors (Lipinski definition) is 5. The van der Waals surface area contributed by atoms with E-state index in [2.05, 4.69) is 10.3 Å². The molecule has 0 aliphatic carbocycles. The molecule has 10 heteroatoms. The quantitative estimate of drug-likeness (QED) is 0.617. The number of nitrogens with one attached hydrogen (secondary N) is 1. The zero-order chi connectivity index (χ0) is 22.0. The van der Waals surface area contributed by atoms with E-state index in [1.807, 2.05) is 35.7 Å². The van der Waals surface area contributed by atoms with Crippen LogP contribution in [0.4, 0.5) is 13.9 Å². The number of aromatic nitrogens is 1. The first-order chi connectivity index (χ1) is 14.8. The zero-order valence-electron chi connectivity index (χ0n) is 16.3. The maximum Gasteiger partial charge on any atom is 0.243 e. The van der Waals surface area contributed by atoms with Gasteiger partial charge in [0, 0.05) is 30.0 Å². The summed E-state index contributed by atoms with van der Waals surface area (Å²) >= 11 is 1.33. The molecule has 1 saturated heterocycles. The van der Waals surface area contributed by atoms with Crippen LogP contribution in [-0.2, 0) is 14.8 Å². The number of anilines is 1. The second-order valence-corrected chi connectivity index (χ2v) is 9.94. The van der Waals surface area contributed by atoms with Crippen LogP contribution in [0, 0.1) is 17.6 Å². The minimum Gasteiger partial charge on any atom is -0.302 e. The summed E-state index contributed by atoms with van der Waals surface area (Å²) < 4.78 is 53.1. The molecule has 4 rings (SSSR count).